The number of hydrogen-bond acceptors (Lipinski definition) is 6. The number of carbonyl (C=O) groups is 4. The third-order valence-electron chi connectivity index (χ3n) is 3.57. The quantitative estimate of drug-likeness (QED) is 0.620. The number of amides is 2. The van der Waals surface area contributed by atoms with Gasteiger partial charge in [0.25, 0.3) is 11.8 Å². The van der Waals surface area contributed by atoms with Crippen molar-refractivity contribution in [2.45, 2.75) is 33.2 Å². The average molecular weight is 378 g/mol. The van der Waals surface area contributed by atoms with Crippen LogP contribution in [0.1, 0.15) is 36.2 Å². The average Bonchev–Trinajstić information content (AvgIpc) is 2.62. The van der Waals surface area contributed by atoms with Crippen LogP contribution in [0, 0.1) is 12.8 Å². The van der Waals surface area contributed by atoms with Crippen molar-refractivity contribution in [3.05, 3.63) is 35.4 Å². The maximum atomic E-state index is 11.9. The fourth-order valence-corrected chi connectivity index (χ4v) is 2.30. The Labute approximate surface area is 158 Å². The summed E-state index contributed by atoms with van der Waals surface area (Å²) in [5, 5.41) is 4.90. The Balaban J connectivity index is 2.41. The summed E-state index contributed by atoms with van der Waals surface area (Å²) < 4.78 is 9.46. The number of ether oxygens (including phenoxy) is 2. The summed E-state index contributed by atoms with van der Waals surface area (Å²) in [5.74, 6) is -2.19. The van der Waals surface area contributed by atoms with E-state index in [1.165, 1.54) is 7.11 Å². The molecular formula is C19H26N2O6. The van der Waals surface area contributed by atoms with Gasteiger partial charge in [-0.15, -0.1) is 0 Å². The lowest BCUT2D eigenvalue weighted by molar-refractivity contribution is -0.149. The molecule has 0 bridgehead atoms. The summed E-state index contributed by atoms with van der Waals surface area (Å²) in [7, 11) is 1.23. The lowest BCUT2D eigenvalue weighted by Gasteiger charge is -2.18. The molecule has 148 valence electrons. The summed E-state index contributed by atoms with van der Waals surface area (Å²) in [4.78, 5) is 47.2. The highest BCUT2D eigenvalue weighted by Crippen LogP contribution is 2.06. The van der Waals surface area contributed by atoms with E-state index in [0.29, 0.717) is 12.0 Å². The number of rotatable bonds is 9. The summed E-state index contributed by atoms with van der Waals surface area (Å²) in [5.41, 5.74) is 1.35. The fourth-order valence-electron chi connectivity index (χ4n) is 2.30. The number of benzene rings is 1. The molecule has 0 aromatic heterocycles. The number of esters is 2. The van der Waals surface area contributed by atoms with Gasteiger partial charge in [-0.05, 0) is 31.4 Å². The predicted octanol–water partition coefficient (Wildman–Crippen LogP) is 0.972. The van der Waals surface area contributed by atoms with Crippen LogP contribution in [-0.2, 0) is 23.9 Å². The van der Waals surface area contributed by atoms with Crippen molar-refractivity contribution in [3.63, 3.8) is 0 Å². The highest BCUT2D eigenvalue weighted by Gasteiger charge is 2.23. The molecule has 27 heavy (non-hydrogen) atoms. The zero-order valence-corrected chi connectivity index (χ0v) is 16.0. The molecule has 1 aromatic rings. The smallest absolute Gasteiger partial charge is 0.328 e. The van der Waals surface area contributed by atoms with Crippen LogP contribution >= 0.6 is 0 Å². The van der Waals surface area contributed by atoms with Crippen molar-refractivity contribution < 1.29 is 28.7 Å². The van der Waals surface area contributed by atoms with Gasteiger partial charge in [0.2, 0.25) is 0 Å². The van der Waals surface area contributed by atoms with Crippen LogP contribution in [0.2, 0.25) is 0 Å². The number of methoxy groups -OCH3 is 1. The van der Waals surface area contributed by atoms with Gasteiger partial charge in [0.05, 0.1) is 7.11 Å². The van der Waals surface area contributed by atoms with Gasteiger partial charge in [0.15, 0.2) is 6.61 Å². The minimum Gasteiger partial charge on any atom is -0.467 e. The van der Waals surface area contributed by atoms with Crippen LogP contribution in [0.5, 0.6) is 0 Å². The van der Waals surface area contributed by atoms with E-state index < -0.39 is 36.4 Å². The van der Waals surface area contributed by atoms with Crippen molar-refractivity contribution >= 4 is 23.8 Å². The lowest BCUT2D eigenvalue weighted by Crippen LogP contribution is -2.44. The highest BCUT2D eigenvalue weighted by atomic mass is 16.5. The highest BCUT2D eigenvalue weighted by molar-refractivity contribution is 5.96. The summed E-state index contributed by atoms with van der Waals surface area (Å²) in [6.45, 7) is 4.74. The number of carbonyl (C=O) groups excluding carboxylic acids is 4. The third kappa shape index (κ3) is 8.35. The van der Waals surface area contributed by atoms with Gasteiger partial charge in [0.1, 0.15) is 12.6 Å². The molecule has 2 N–H and O–H groups in total. The van der Waals surface area contributed by atoms with Gasteiger partial charge in [-0.25, -0.2) is 4.79 Å². The van der Waals surface area contributed by atoms with Crippen LogP contribution < -0.4 is 10.6 Å². The van der Waals surface area contributed by atoms with E-state index in [9.17, 15) is 19.2 Å². The summed E-state index contributed by atoms with van der Waals surface area (Å²) in [6.07, 6.45) is 0.402. The minimum atomic E-state index is -0.803. The Hall–Kier alpha value is -2.90. The third-order valence-corrected chi connectivity index (χ3v) is 3.57. The molecule has 0 spiro atoms. The molecule has 0 saturated carbocycles. The normalized spacial score (nSPS) is 11.4. The van der Waals surface area contributed by atoms with Crippen LogP contribution in [0.3, 0.4) is 0 Å². The van der Waals surface area contributed by atoms with Crippen LogP contribution in [0.15, 0.2) is 24.3 Å². The molecule has 0 aliphatic carbocycles. The van der Waals surface area contributed by atoms with E-state index in [2.05, 4.69) is 15.4 Å². The SMILES string of the molecule is COC(=O)[C@H](CC(C)C)NC(=O)COC(=O)CNC(=O)c1cccc(C)c1. The Morgan fingerprint density at radius 1 is 1.15 bits per heavy atom. The summed E-state index contributed by atoms with van der Waals surface area (Å²) in [6, 6.07) is 6.10. The van der Waals surface area contributed by atoms with E-state index in [1.54, 1.807) is 18.2 Å². The zero-order chi connectivity index (χ0) is 20.4. The van der Waals surface area contributed by atoms with Gasteiger partial charge in [0, 0.05) is 5.56 Å². The molecule has 0 heterocycles. The van der Waals surface area contributed by atoms with E-state index in [-0.39, 0.29) is 12.5 Å². The molecule has 0 saturated heterocycles. The molecule has 0 radical (unpaired) electrons. The van der Waals surface area contributed by atoms with Crippen molar-refractivity contribution in [1.29, 1.82) is 0 Å². The first-order chi connectivity index (χ1) is 12.7. The topological polar surface area (TPSA) is 111 Å². The molecule has 2 amide bonds. The molecule has 0 aliphatic heterocycles. The minimum absolute atomic E-state index is 0.161. The van der Waals surface area contributed by atoms with Crippen LogP contribution in [0.25, 0.3) is 0 Å². The second-order valence-electron chi connectivity index (χ2n) is 6.49. The van der Waals surface area contributed by atoms with E-state index in [1.807, 2.05) is 26.8 Å². The van der Waals surface area contributed by atoms with Gasteiger partial charge >= 0.3 is 11.9 Å². The second kappa shape index (κ2) is 10.9. The molecule has 1 rings (SSSR count). The predicted molar refractivity (Wildman–Crippen MR) is 97.9 cm³/mol. The number of aryl methyl sites for hydroxylation is 1. The fraction of sp³-hybridized carbons (Fsp3) is 0.474. The first kappa shape index (κ1) is 22.1. The van der Waals surface area contributed by atoms with Gasteiger partial charge in [-0.1, -0.05) is 31.5 Å². The molecular weight excluding hydrogens is 352 g/mol. The molecule has 8 heteroatoms. The van der Waals surface area contributed by atoms with Gasteiger partial charge < -0.3 is 20.1 Å². The standard InChI is InChI=1S/C19H26N2O6/c1-12(2)8-15(19(25)26-4)21-16(22)11-27-17(23)10-20-18(24)14-7-5-6-13(3)9-14/h5-7,9,12,15H,8,10-11H2,1-4H3,(H,20,24)(H,21,22)/t15-/m0/s1. The van der Waals surface area contributed by atoms with Crippen LogP contribution in [-0.4, -0.2) is 50.1 Å². The molecule has 8 nitrogen and oxygen atoms in total. The van der Waals surface area contributed by atoms with E-state index >= 15 is 0 Å². The van der Waals surface area contributed by atoms with Crippen LogP contribution in [0.4, 0.5) is 0 Å². The Morgan fingerprint density at radius 2 is 1.85 bits per heavy atom. The molecule has 0 unspecified atom stereocenters. The molecule has 1 aromatic carbocycles. The first-order valence-corrected chi connectivity index (χ1v) is 8.60. The Morgan fingerprint density at radius 3 is 2.44 bits per heavy atom. The Bertz CT molecular complexity index is 687. The Kier molecular flexibility index (Phi) is 8.98. The number of nitrogens with one attached hydrogen (secondary N) is 2. The molecule has 0 fully saturated rings. The van der Waals surface area contributed by atoms with Gasteiger partial charge in [-0.2, -0.15) is 0 Å². The van der Waals surface area contributed by atoms with E-state index in [4.69, 9.17) is 4.74 Å². The number of hydrogen-bond donors (Lipinski definition) is 2. The van der Waals surface area contributed by atoms with Gasteiger partial charge in [-0.3, -0.25) is 14.4 Å². The van der Waals surface area contributed by atoms with Crippen molar-refractivity contribution in [1.82, 2.24) is 10.6 Å². The molecule has 1 atom stereocenters. The molecule has 0 aliphatic rings. The van der Waals surface area contributed by atoms with Crippen molar-refractivity contribution in [3.8, 4) is 0 Å². The maximum Gasteiger partial charge on any atom is 0.328 e. The monoisotopic (exact) mass is 378 g/mol. The van der Waals surface area contributed by atoms with E-state index in [0.717, 1.165) is 5.56 Å². The van der Waals surface area contributed by atoms with Crippen molar-refractivity contribution in [2.75, 3.05) is 20.3 Å². The lowest BCUT2D eigenvalue weighted by atomic mass is 10.0. The maximum absolute atomic E-state index is 11.9. The summed E-state index contributed by atoms with van der Waals surface area (Å²) >= 11 is 0. The van der Waals surface area contributed by atoms with Crippen molar-refractivity contribution in [2.24, 2.45) is 5.92 Å². The largest absolute Gasteiger partial charge is 0.467 e. The second-order valence-corrected chi connectivity index (χ2v) is 6.49. The zero-order valence-electron chi connectivity index (χ0n) is 16.0. The first-order valence-electron chi connectivity index (χ1n) is 8.60.